The second-order valence-corrected chi connectivity index (χ2v) is 6.85. The molecule has 1 unspecified atom stereocenters. The van der Waals surface area contributed by atoms with Gasteiger partial charge < -0.3 is 19.9 Å². The predicted molar refractivity (Wildman–Crippen MR) is 104 cm³/mol. The second kappa shape index (κ2) is 7.31. The smallest absolute Gasteiger partial charge is 0.268 e. The molecular weight excluding hydrogens is 345 g/mol. The molecule has 6 heteroatoms. The van der Waals surface area contributed by atoms with E-state index in [0.717, 1.165) is 42.9 Å². The molecule has 0 saturated carbocycles. The maximum absolute atomic E-state index is 13.4. The number of fused-ring (bicyclic) bond motifs is 1. The van der Waals surface area contributed by atoms with Crippen LogP contribution in [0.25, 0.3) is 10.9 Å². The highest BCUT2D eigenvalue weighted by molar-refractivity contribution is 5.98. The van der Waals surface area contributed by atoms with Crippen molar-refractivity contribution in [1.29, 1.82) is 0 Å². The van der Waals surface area contributed by atoms with Crippen molar-refractivity contribution in [3.05, 3.63) is 60.0 Å². The molecule has 0 aliphatic carbocycles. The van der Waals surface area contributed by atoms with Crippen LogP contribution in [0.15, 0.2) is 48.5 Å². The Morgan fingerprint density at radius 2 is 2.11 bits per heavy atom. The Hall–Kier alpha value is -3.02. The summed E-state index contributed by atoms with van der Waals surface area (Å²) < 4.78 is 18.8. The van der Waals surface area contributed by atoms with Crippen molar-refractivity contribution < 1.29 is 13.9 Å². The zero-order chi connectivity index (χ0) is 18.8. The van der Waals surface area contributed by atoms with Gasteiger partial charge in [0.2, 0.25) is 0 Å². The summed E-state index contributed by atoms with van der Waals surface area (Å²) in [5, 5.41) is 3.80. The Bertz CT molecular complexity index is 969. The van der Waals surface area contributed by atoms with E-state index in [1.54, 1.807) is 19.2 Å². The van der Waals surface area contributed by atoms with Crippen LogP contribution < -0.4 is 15.0 Å². The zero-order valence-corrected chi connectivity index (χ0v) is 15.2. The van der Waals surface area contributed by atoms with Gasteiger partial charge in [0.15, 0.2) is 0 Å². The van der Waals surface area contributed by atoms with Gasteiger partial charge in [0, 0.05) is 30.0 Å². The van der Waals surface area contributed by atoms with Gasteiger partial charge in [-0.2, -0.15) is 0 Å². The zero-order valence-electron chi connectivity index (χ0n) is 15.2. The summed E-state index contributed by atoms with van der Waals surface area (Å²) in [6.45, 7) is 1.65. The molecule has 1 saturated heterocycles. The average Bonchev–Trinajstić information content (AvgIpc) is 3.11. The lowest BCUT2D eigenvalue weighted by molar-refractivity contribution is 0.0929. The van der Waals surface area contributed by atoms with Crippen molar-refractivity contribution in [1.82, 2.24) is 10.3 Å². The number of carbonyl (C=O) groups excluding carboxylic acids is 1. The topological polar surface area (TPSA) is 57.4 Å². The van der Waals surface area contributed by atoms with E-state index in [1.165, 1.54) is 12.1 Å². The molecule has 1 amide bonds. The van der Waals surface area contributed by atoms with Crippen LogP contribution in [0.3, 0.4) is 0 Å². The number of halogens is 1. The molecule has 3 aromatic rings. The summed E-state index contributed by atoms with van der Waals surface area (Å²) >= 11 is 0. The molecule has 2 heterocycles. The molecule has 0 bridgehead atoms. The van der Waals surface area contributed by atoms with Crippen molar-refractivity contribution in [2.75, 3.05) is 25.1 Å². The van der Waals surface area contributed by atoms with E-state index >= 15 is 0 Å². The van der Waals surface area contributed by atoms with Gasteiger partial charge in [0.25, 0.3) is 5.91 Å². The quantitative estimate of drug-likeness (QED) is 0.739. The fraction of sp³-hybridized carbons (Fsp3) is 0.286. The molecular formula is C21H22FN3O2. The van der Waals surface area contributed by atoms with Crippen molar-refractivity contribution in [2.45, 2.75) is 18.9 Å². The molecule has 2 aromatic carbocycles. The number of carbonyl (C=O) groups is 1. The highest BCUT2D eigenvalue weighted by atomic mass is 19.1. The number of nitrogens with one attached hydrogen (secondary N) is 2. The molecule has 1 fully saturated rings. The van der Waals surface area contributed by atoms with Crippen molar-refractivity contribution in [2.24, 2.45) is 0 Å². The molecule has 0 spiro atoms. The molecule has 1 aromatic heterocycles. The third-order valence-electron chi connectivity index (χ3n) is 5.01. The number of rotatable bonds is 4. The first kappa shape index (κ1) is 17.4. The summed E-state index contributed by atoms with van der Waals surface area (Å²) in [6.07, 6.45) is 1.91. The number of ether oxygens (including phenoxy) is 1. The van der Waals surface area contributed by atoms with Crippen molar-refractivity contribution in [3.8, 4) is 5.75 Å². The second-order valence-electron chi connectivity index (χ2n) is 6.85. The monoisotopic (exact) mass is 367 g/mol. The number of amides is 1. The molecule has 1 atom stereocenters. The molecule has 140 valence electrons. The van der Waals surface area contributed by atoms with Crippen LogP contribution in [0, 0.1) is 5.82 Å². The Kier molecular flexibility index (Phi) is 4.71. The number of hydrogen-bond acceptors (Lipinski definition) is 3. The Morgan fingerprint density at radius 1 is 1.26 bits per heavy atom. The van der Waals surface area contributed by atoms with Gasteiger partial charge in [-0.1, -0.05) is 12.1 Å². The first-order valence-corrected chi connectivity index (χ1v) is 9.11. The van der Waals surface area contributed by atoms with Crippen LogP contribution in [-0.2, 0) is 0 Å². The highest BCUT2D eigenvalue weighted by Gasteiger charge is 2.24. The number of nitrogens with zero attached hydrogens (tertiary/aromatic N) is 1. The van der Waals surface area contributed by atoms with E-state index in [4.69, 9.17) is 4.74 Å². The first-order valence-electron chi connectivity index (χ1n) is 9.11. The lowest BCUT2D eigenvalue weighted by Crippen LogP contribution is -2.48. The van der Waals surface area contributed by atoms with Crippen molar-refractivity contribution >= 4 is 22.5 Å². The number of para-hydroxylation sites is 2. The van der Waals surface area contributed by atoms with Crippen molar-refractivity contribution in [3.63, 3.8) is 0 Å². The normalized spacial score (nSPS) is 17.1. The number of aromatic amines is 1. The minimum absolute atomic E-state index is 0.0410. The molecule has 1 aliphatic rings. The summed E-state index contributed by atoms with van der Waals surface area (Å²) in [5.41, 5.74) is 2.24. The van der Waals surface area contributed by atoms with Crippen LogP contribution in [0.5, 0.6) is 5.75 Å². The average molecular weight is 367 g/mol. The number of piperidine rings is 1. The molecule has 27 heavy (non-hydrogen) atoms. The highest BCUT2D eigenvalue weighted by Crippen LogP contribution is 2.30. The predicted octanol–water partition coefficient (Wildman–Crippen LogP) is 3.71. The van der Waals surface area contributed by atoms with Gasteiger partial charge in [0.1, 0.15) is 17.3 Å². The number of hydrogen-bond donors (Lipinski definition) is 2. The molecule has 1 aliphatic heterocycles. The molecule has 5 nitrogen and oxygen atoms in total. The number of methoxy groups -OCH3 is 1. The Labute approximate surface area is 157 Å². The first-order chi connectivity index (χ1) is 13.1. The molecule has 4 rings (SSSR count). The lowest BCUT2D eigenvalue weighted by Gasteiger charge is -2.35. The number of anilines is 1. The Balaban J connectivity index is 1.47. The van der Waals surface area contributed by atoms with Gasteiger partial charge in [-0.15, -0.1) is 0 Å². The van der Waals surface area contributed by atoms with E-state index in [2.05, 4.69) is 15.2 Å². The number of H-pyrrole nitrogens is 1. The van der Waals surface area contributed by atoms with Gasteiger partial charge in [-0.05, 0) is 49.2 Å². The van der Waals surface area contributed by atoms with Crippen LogP contribution in [0.1, 0.15) is 23.3 Å². The van der Waals surface area contributed by atoms with E-state index in [9.17, 15) is 9.18 Å². The summed E-state index contributed by atoms with van der Waals surface area (Å²) in [4.78, 5) is 18.0. The van der Waals surface area contributed by atoms with E-state index in [0.29, 0.717) is 11.1 Å². The largest absolute Gasteiger partial charge is 0.495 e. The van der Waals surface area contributed by atoms with Crippen LogP contribution in [0.2, 0.25) is 0 Å². The SMILES string of the molecule is COc1ccccc1N1CCCC(NC(=O)c2cc3cc(F)ccc3[nH]2)C1. The lowest BCUT2D eigenvalue weighted by atomic mass is 10.0. The molecule has 0 radical (unpaired) electrons. The van der Waals surface area contributed by atoms with E-state index < -0.39 is 0 Å². The van der Waals surface area contributed by atoms with Gasteiger partial charge in [0.05, 0.1) is 12.8 Å². The van der Waals surface area contributed by atoms with Gasteiger partial charge in [-0.25, -0.2) is 4.39 Å². The van der Waals surface area contributed by atoms with Gasteiger partial charge >= 0.3 is 0 Å². The van der Waals surface area contributed by atoms with E-state index in [-0.39, 0.29) is 17.8 Å². The summed E-state index contributed by atoms with van der Waals surface area (Å²) in [6, 6.07) is 14.1. The third kappa shape index (κ3) is 3.60. The van der Waals surface area contributed by atoms with Crippen LogP contribution in [-0.4, -0.2) is 37.1 Å². The fourth-order valence-electron chi connectivity index (χ4n) is 3.69. The minimum Gasteiger partial charge on any atom is -0.495 e. The maximum atomic E-state index is 13.4. The molecule has 2 N–H and O–H groups in total. The standard InChI is InChI=1S/C21H22FN3O2/c1-27-20-7-3-2-6-19(20)25-10-4-5-16(13-25)23-21(26)18-12-14-11-15(22)8-9-17(14)24-18/h2-3,6-9,11-12,16,24H,4-5,10,13H2,1H3,(H,23,26). The third-order valence-corrected chi connectivity index (χ3v) is 5.01. The summed E-state index contributed by atoms with van der Waals surface area (Å²) in [7, 11) is 1.67. The van der Waals surface area contributed by atoms with Crippen LogP contribution >= 0.6 is 0 Å². The minimum atomic E-state index is -0.312. The number of benzene rings is 2. The number of aromatic nitrogens is 1. The maximum Gasteiger partial charge on any atom is 0.268 e. The van der Waals surface area contributed by atoms with E-state index in [1.807, 2.05) is 24.3 Å². The fourth-order valence-corrected chi connectivity index (χ4v) is 3.69. The summed E-state index contributed by atoms with van der Waals surface area (Å²) in [5.74, 6) is 0.355. The van der Waals surface area contributed by atoms with Crippen LogP contribution in [0.4, 0.5) is 10.1 Å². The van der Waals surface area contributed by atoms with Gasteiger partial charge in [-0.3, -0.25) is 4.79 Å². The Morgan fingerprint density at radius 3 is 2.96 bits per heavy atom.